The van der Waals surface area contributed by atoms with E-state index in [1.807, 2.05) is 0 Å². The zero-order valence-corrected chi connectivity index (χ0v) is 9.58. The Hall–Kier alpha value is -0.290. The van der Waals surface area contributed by atoms with Crippen molar-refractivity contribution >= 4 is 29.4 Å². The fourth-order valence-electron chi connectivity index (χ4n) is 1.65. The first-order valence-corrected chi connectivity index (χ1v) is 5.63. The van der Waals surface area contributed by atoms with Gasteiger partial charge in [0.15, 0.2) is 6.23 Å². The van der Waals surface area contributed by atoms with Crippen molar-refractivity contribution in [2.45, 2.75) is 31.7 Å². The van der Waals surface area contributed by atoms with Crippen LogP contribution in [0.2, 0.25) is 0 Å². The van der Waals surface area contributed by atoms with Crippen LogP contribution < -0.4 is 0 Å². The van der Waals surface area contributed by atoms with Gasteiger partial charge >= 0.3 is 0 Å². The minimum Gasteiger partial charge on any atom is -0.367 e. The van der Waals surface area contributed by atoms with Gasteiger partial charge in [0.1, 0.15) is 6.23 Å². The van der Waals surface area contributed by atoms with Crippen LogP contribution in [0.25, 0.3) is 0 Å². The van der Waals surface area contributed by atoms with Crippen molar-refractivity contribution in [3.63, 3.8) is 0 Å². The summed E-state index contributed by atoms with van der Waals surface area (Å²) < 4.78 is 5.50. The van der Waals surface area contributed by atoms with Crippen LogP contribution in [0.15, 0.2) is 15.2 Å². The lowest BCUT2D eigenvalue weighted by atomic mass is 10.2. The molecule has 15 heavy (non-hydrogen) atoms. The first kappa shape index (κ1) is 11.2. The third-order valence-electron chi connectivity index (χ3n) is 2.46. The van der Waals surface area contributed by atoms with E-state index >= 15 is 0 Å². The lowest BCUT2D eigenvalue weighted by molar-refractivity contribution is -0.136. The minimum atomic E-state index is -0.993. The Morgan fingerprint density at radius 1 is 1.47 bits per heavy atom. The van der Waals surface area contributed by atoms with Crippen molar-refractivity contribution in [3.05, 3.63) is 10.1 Å². The lowest BCUT2D eigenvalue weighted by Gasteiger charge is -2.36. The van der Waals surface area contributed by atoms with Crippen LogP contribution in [-0.2, 0) is 4.74 Å². The van der Waals surface area contributed by atoms with Crippen LogP contribution in [0.3, 0.4) is 0 Å². The van der Waals surface area contributed by atoms with Gasteiger partial charge < -0.3 is 9.84 Å². The highest BCUT2D eigenvalue weighted by atomic mass is 35.5. The standard InChI is InChI=1S/C9H12Cl2N2O2/c10-6-5-12-13(9(14)8(6)11)7-3-1-2-4-15-7/h5,7,9,14H,1-4H2. The van der Waals surface area contributed by atoms with Crippen molar-refractivity contribution in [1.29, 1.82) is 0 Å². The van der Waals surface area contributed by atoms with E-state index in [4.69, 9.17) is 27.9 Å². The number of hydrazone groups is 1. The van der Waals surface area contributed by atoms with Gasteiger partial charge in [-0.1, -0.05) is 23.2 Å². The molecule has 6 heteroatoms. The van der Waals surface area contributed by atoms with Gasteiger partial charge in [-0.2, -0.15) is 5.10 Å². The molecule has 2 aliphatic heterocycles. The van der Waals surface area contributed by atoms with E-state index in [0.717, 1.165) is 19.3 Å². The van der Waals surface area contributed by atoms with Crippen LogP contribution in [-0.4, -0.2) is 35.4 Å². The van der Waals surface area contributed by atoms with E-state index in [1.165, 1.54) is 11.2 Å². The number of aliphatic hydroxyl groups is 1. The van der Waals surface area contributed by atoms with Crippen molar-refractivity contribution in [3.8, 4) is 0 Å². The van der Waals surface area contributed by atoms with Crippen LogP contribution >= 0.6 is 23.2 Å². The third kappa shape index (κ3) is 2.28. The molecule has 0 aromatic carbocycles. The van der Waals surface area contributed by atoms with Gasteiger partial charge in [-0.05, 0) is 19.3 Å². The monoisotopic (exact) mass is 250 g/mol. The summed E-state index contributed by atoms with van der Waals surface area (Å²) in [6.45, 7) is 0.693. The average Bonchev–Trinajstić information content (AvgIpc) is 2.27. The third-order valence-corrected chi connectivity index (χ3v) is 3.26. The molecule has 0 aromatic rings. The predicted molar refractivity (Wildman–Crippen MR) is 58.7 cm³/mol. The van der Waals surface area contributed by atoms with E-state index in [0.29, 0.717) is 6.61 Å². The lowest BCUT2D eigenvalue weighted by Crippen LogP contribution is -2.44. The molecule has 2 rings (SSSR count). The van der Waals surface area contributed by atoms with E-state index < -0.39 is 6.23 Å². The Bertz CT molecular complexity index is 300. The molecular formula is C9H12Cl2N2O2. The molecule has 1 saturated heterocycles. The maximum Gasteiger partial charge on any atom is 0.183 e. The number of nitrogens with zero attached hydrogens (tertiary/aromatic N) is 2. The fourth-order valence-corrected chi connectivity index (χ4v) is 1.94. The van der Waals surface area contributed by atoms with Gasteiger partial charge in [-0.3, -0.25) is 0 Å². The molecule has 0 radical (unpaired) electrons. The molecule has 0 bridgehead atoms. The molecule has 2 unspecified atom stereocenters. The van der Waals surface area contributed by atoms with Gasteiger partial charge in [0.25, 0.3) is 0 Å². The number of aliphatic hydroxyl groups excluding tert-OH is 1. The van der Waals surface area contributed by atoms with Gasteiger partial charge in [0, 0.05) is 6.61 Å². The van der Waals surface area contributed by atoms with E-state index in [9.17, 15) is 5.11 Å². The largest absolute Gasteiger partial charge is 0.367 e. The Balaban J connectivity index is 2.08. The molecule has 2 aliphatic rings. The first-order chi connectivity index (χ1) is 7.20. The number of ether oxygens (including phenoxy) is 1. The Morgan fingerprint density at radius 2 is 2.27 bits per heavy atom. The summed E-state index contributed by atoms with van der Waals surface area (Å²) in [5, 5.41) is 15.8. The average molecular weight is 251 g/mol. The molecule has 0 amide bonds. The normalized spacial score (nSPS) is 32.3. The Kier molecular flexibility index (Phi) is 3.51. The summed E-state index contributed by atoms with van der Waals surface area (Å²) in [6, 6.07) is 0. The zero-order valence-electron chi connectivity index (χ0n) is 8.07. The molecule has 0 aliphatic carbocycles. The highest BCUT2D eigenvalue weighted by molar-refractivity contribution is 6.46. The molecule has 2 atom stereocenters. The number of allylic oxidation sites excluding steroid dienone is 1. The Morgan fingerprint density at radius 3 is 2.93 bits per heavy atom. The molecule has 0 aromatic heterocycles. The molecule has 1 fully saturated rings. The second-order valence-electron chi connectivity index (χ2n) is 3.52. The van der Waals surface area contributed by atoms with Crippen molar-refractivity contribution in [2.75, 3.05) is 6.61 Å². The predicted octanol–water partition coefficient (Wildman–Crippen LogP) is 1.82. The van der Waals surface area contributed by atoms with E-state index in [-0.39, 0.29) is 16.3 Å². The zero-order chi connectivity index (χ0) is 10.8. The van der Waals surface area contributed by atoms with Gasteiger partial charge in [-0.25, -0.2) is 5.01 Å². The van der Waals surface area contributed by atoms with Crippen LogP contribution in [0.5, 0.6) is 0 Å². The molecule has 84 valence electrons. The topological polar surface area (TPSA) is 45.1 Å². The van der Waals surface area contributed by atoms with Crippen molar-refractivity contribution < 1.29 is 9.84 Å². The summed E-state index contributed by atoms with van der Waals surface area (Å²) in [5.41, 5.74) is 0. The van der Waals surface area contributed by atoms with Crippen LogP contribution in [0.1, 0.15) is 19.3 Å². The second kappa shape index (κ2) is 4.70. The number of rotatable bonds is 1. The number of hydrogen-bond acceptors (Lipinski definition) is 4. The Labute approximate surface area is 98.1 Å². The fraction of sp³-hybridized carbons (Fsp3) is 0.667. The van der Waals surface area contributed by atoms with E-state index in [1.54, 1.807) is 0 Å². The molecule has 1 N–H and O–H groups in total. The van der Waals surface area contributed by atoms with Crippen LogP contribution in [0.4, 0.5) is 0 Å². The number of halogens is 2. The summed E-state index contributed by atoms with van der Waals surface area (Å²) in [6.07, 6.45) is 3.19. The summed E-state index contributed by atoms with van der Waals surface area (Å²) in [5.74, 6) is 0. The van der Waals surface area contributed by atoms with Crippen molar-refractivity contribution in [1.82, 2.24) is 5.01 Å². The molecule has 2 heterocycles. The summed E-state index contributed by atoms with van der Waals surface area (Å²) >= 11 is 11.6. The van der Waals surface area contributed by atoms with Crippen LogP contribution in [0, 0.1) is 0 Å². The highest BCUT2D eigenvalue weighted by Crippen LogP contribution is 2.28. The smallest absolute Gasteiger partial charge is 0.183 e. The van der Waals surface area contributed by atoms with Gasteiger partial charge in [0.2, 0.25) is 0 Å². The maximum atomic E-state index is 9.82. The quantitative estimate of drug-likeness (QED) is 0.773. The molecule has 0 spiro atoms. The van der Waals surface area contributed by atoms with Gasteiger partial charge in [-0.15, -0.1) is 0 Å². The van der Waals surface area contributed by atoms with Crippen molar-refractivity contribution in [2.24, 2.45) is 5.10 Å². The molecular weight excluding hydrogens is 239 g/mol. The number of hydrogen-bond donors (Lipinski definition) is 1. The maximum absolute atomic E-state index is 9.82. The summed E-state index contributed by atoms with van der Waals surface area (Å²) in [7, 11) is 0. The van der Waals surface area contributed by atoms with E-state index in [2.05, 4.69) is 5.10 Å². The SMILES string of the molecule is OC1C(Cl)=C(Cl)C=NN1C1CCCCO1. The molecule has 4 nitrogen and oxygen atoms in total. The van der Waals surface area contributed by atoms with Gasteiger partial charge in [0.05, 0.1) is 16.3 Å². The second-order valence-corrected chi connectivity index (χ2v) is 4.33. The summed E-state index contributed by atoms with van der Waals surface area (Å²) in [4.78, 5) is 0. The highest BCUT2D eigenvalue weighted by Gasteiger charge is 2.31. The first-order valence-electron chi connectivity index (χ1n) is 4.87. The minimum absolute atomic E-state index is 0.195. The molecule has 0 saturated carbocycles.